The SMILES string of the molecule is FC1OC(OCc2ccccc2)C(F)C(F)C1F. The van der Waals surface area contributed by atoms with Gasteiger partial charge >= 0.3 is 0 Å². The van der Waals surface area contributed by atoms with Crippen molar-refractivity contribution in [2.75, 3.05) is 0 Å². The summed E-state index contributed by atoms with van der Waals surface area (Å²) in [6.07, 6.45) is -11.8. The van der Waals surface area contributed by atoms with Gasteiger partial charge in [-0.25, -0.2) is 17.6 Å². The van der Waals surface area contributed by atoms with Crippen molar-refractivity contribution in [2.45, 2.75) is 37.8 Å². The molecule has 0 aliphatic carbocycles. The fourth-order valence-corrected chi connectivity index (χ4v) is 1.63. The highest BCUT2D eigenvalue weighted by molar-refractivity contribution is 5.13. The summed E-state index contributed by atoms with van der Waals surface area (Å²) in [6, 6.07) is 8.66. The average Bonchev–Trinajstić information content (AvgIpc) is 2.40. The second-order valence-electron chi connectivity index (χ2n) is 3.99. The number of ether oxygens (including phenoxy) is 2. The lowest BCUT2D eigenvalue weighted by atomic mass is 10.1. The third-order valence-corrected chi connectivity index (χ3v) is 2.64. The van der Waals surface area contributed by atoms with Crippen molar-refractivity contribution in [1.29, 1.82) is 0 Å². The van der Waals surface area contributed by atoms with E-state index in [9.17, 15) is 17.6 Å². The van der Waals surface area contributed by atoms with Crippen molar-refractivity contribution in [3.63, 3.8) is 0 Å². The summed E-state index contributed by atoms with van der Waals surface area (Å²) in [4.78, 5) is 0. The Morgan fingerprint density at radius 3 is 2.28 bits per heavy atom. The zero-order chi connectivity index (χ0) is 13.1. The molecule has 0 amide bonds. The Kier molecular flexibility index (Phi) is 4.19. The Morgan fingerprint density at radius 2 is 1.61 bits per heavy atom. The van der Waals surface area contributed by atoms with Gasteiger partial charge in [0.05, 0.1) is 6.61 Å². The summed E-state index contributed by atoms with van der Waals surface area (Å²) < 4.78 is 61.3. The molecule has 0 N–H and O–H groups in total. The molecule has 0 bridgehead atoms. The highest BCUT2D eigenvalue weighted by Gasteiger charge is 2.48. The zero-order valence-electron chi connectivity index (χ0n) is 9.31. The molecular formula is C12H12F4O2. The van der Waals surface area contributed by atoms with E-state index in [0.717, 1.165) is 0 Å². The van der Waals surface area contributed by atoms with E-state index in [4.69, 9.17) is 4.74 Å². The van der Waals surface area contributed by atoms with Gasteiger partial charge in [-0.1, -0.05) is 30.3 Å². The van der Waals surface area contributed by atoms with Crippen LogP contribution in [0, 0.1) is 0 Å². The van der Waals surface area contributed by atoms with Crippen LogP contribution in [0.4, 0.5) is 17.6 Å². The lowest BCUT2D eigenvalue weighted by molar-refractivity contribution is -0.292. The van der Waals surface area contributed by atoms with Gasteiger partial charge in [0.25, 0.3) is 0 Å². The molecule has 5 atom stereocenters. The van der Waals surface area contributed by atoms with Crippen molar-refractivity contribution in [1.82, 2.24) is 0 Å². The molecule has 1 fully saturated rings. The fraction of sp³-hybridized carbons (Fsp3) is 0.500. The Bertz CT molecular complexity index is 376. The van der Waals surface area contributed by atoms with Crippen LogP contribution in [0.3, 0.4) is 0 Å². The number of benzene rings is 1. The number of rotatable bonds is 3. The largest absolute Gasteiger partial charge is 0.345 e. The molecular weight excluding hydrogens is 252 g/mol. The lowest BCUT2D eigenvalue weighted by Gasteiger charge is -2.33. The normalized spacial score (nSPS) is 36.6. The van der Waals surface area contributed by atoms with Gasteiger partial charge in [0.2, 0.25) is 6.36 Å². The fourth-order valence-electron chi connectivity index (χ4n) is 1.63. The van der Waals surface area contributed by atoms with Crippen LogP contribution in [0.5, 0.6) is 0 Å². The molecule has 1 aliphatic rings. The molecule has 2 nitrogen and oxygen atoms in total. The molecule has 1 aliphatic heterocycles. The monoisotopic (exact) mass is 264 g/mol. The third-order valence-electron chi connectivity index (χ3n) is 2.64. The van der Waals surface area contributed by atoms with Crippen LogP contribution in [-0.4, -0.2) is 31.2 Å². The molecule has 1 aromatic carbocycles. The van der Waals surface area contributed by atoms with E-state index >= 15 is 0 Å². The molecule has 18 heavy (non-hydrogen) atoms. The van der Waals surface area contributed by atoms with Crippen LogP contribution in [0.2, 0.25) is 0 Å². The van der Waals surface area contributed by atoms with E-state index < -0.39 is 31.2 Å². The van der Waals surface area contributed by atoms with Gasteiger partial charge in [0.15, 0.2) is 24.8 Å². The van der Waals surface area contributed by atoms with Gasteiger partial charge in [-0.2, -0.15) is 0 Å². The quantitative estimate of drug-likeness (QED) is 0.781. The maximum atomic E-state index is 13.3. The summed E-state index contributed by atoms with van der Waals surface area (Å²) in [5.74, 6) is 0. The smallest absolute Gasteiger partial charge is 0.235 e. The summed E-state index contributed by atoms with van der Waals surface area (Å²) in [5.41, 5.74) is 0.696. The number of hydrogen-bond donors (Lipinski definition) is 0. The Balaban J connectivity index is 1.93. The Labute approximate surface area is 102 Å². The predicted octanol–water partition coefficient (Wildman–Crippen LogP) is 2.87. The first-order valence-electron chi connectivity index (χ1n) is 5.47. The maximum absolute atomic E-state index is 13.3. The van der Waals surface area contributed by atoms with Crippen LogP contribution in [0.15, 0.2) is 30.3 Å². The molecule has 2 rings (SSSR count). The maximum Gasteiger partial charge on any atom is 0.235 e. The van der Waals surface area contributed by atoms with Gasteiger partial charge < -0.3 is 9.47 Å². The van der Waals surface area contributed by atoms with E-state index in [1.807, 2.05) is 0 Å². The summed E-state index contributed by atoms with van der Waals surface area (Å²) in [5, 5.41) is 0. The van der Waals surface area contributed by atoms with Gasteiger partial charge in [-0.05, 0) is 5.56 Å². The minimum absolute atomic E-state index is 0.0671. The zero-order valence-corrected chi connectivity index (χ0v) is 9.31. The van der Waals surface area contributed by atoms with Crippen molar-refractivity contribution >= 4 is 0 Å². The topological polar surface area (TPSA) is 18.5 Å². The first-order valence-corrected chi connectivity index (χ1v) is 5.47. The Hall–Kier alpha value is -1.14. The van der Waals surface area contributed by atoms with Crippen molar-refractivity contribution < 1.29 is 27.0 Å². The number of alkyl halides is 4. The van der Waals surface area contributed by atoms with E-state index in [1.165, 1.54) is 0 Å². The van der Waals surface area contributed by atoms with Gasteiger partial charge in [0.1, 0.15) is 0 Å². The minimum atomic E-state index is -2.61. The van der Waals surface area contributed by atoms with Gasteiger partial charge in [-0.15, -0.1) is 0 Å². The van der Waals surface area contributed by atoms with Crippen molar-refractivity contribution in [2.24, 2.45) is 0 Å². The van der Waals surface area contributed by atoms with Gasteiger partial charge in [-0.3, -0.25) is 0 Å². The van der Waals surface area contributed by atoms with Crippen LogP contribution in [0.25, 0.3) is 0 Å². The summed E-state index contributed by atoms with van der Waals surface area (Å²) in [7, 11) is 0. The molecule has 1 heterocycles. The van der Waals surface area contributed by atoms with E-state index in [-0.39, 0.29) is 6.61 Å². The molecule has 0 spiro atoms. The van der Waals surface area contributed by atoms with E-state index in [2.05, 4.69) is 4.74 Å². The summed E-state index contributed by atoms with van der Waals surface area (Å²) >= 11 is 0. The van der Waals surface area contributed by atoms with Gasteiger partial charge in [0, 0.05) is 0 Å². The van der Waals surface area contributed by atoms with Crippen LogP contribution in [0.1, 0.15) is 5.56 Å². The van der Waals surface area contributed by atoms with Crippen molar-refractivity contribution in [3.8, 4) is 0 Å². The minimum Gasteiger partial charge on any atom is -0.345 e. The molecule has 1 saturated heterocycles. The molecule has 100 valence electrons. The second-order valence-corrected chi connectivity index (χ2v) is 3.99. The standard InChI is InChI=1S/C12H12F4O2/c13-8-9(14)11(16)18-12(10(8)15)17-6-7-4-2-1-3-5-7/h1-5,8-12H,6H2. The highest BCUT2D eigenvalue weighted by Crippen LogP contribution is 2.29. The first-order chi connectivity index (χ1) is 8.59. The number of hydrogen-bond acceptors (Lipinski definition) is 2. The molecule has 0 radical (unpaired) electrons. The van der Waals surface area contributed by atoms with Crippen LogP contribution >= 0.6 is 0 Å². The molecule has 1 aromatic rings. The predicted molar refractivity (Wildman–Crippen MR) is 55.7 cm³/mol. The number of halogens is 4. The average molecular weight is 264 g/mol. The molecule has 5 unspecified atom stereocenters. The van der Waals surface area contributed by atoms with E-state index in [0.29, 0.717) is 5.56 Å². The lowest BCUT2D eigenvalue weighted by Crippen LogP contribution is -2.51. The van der Waals surface area contributed by atoms with E-state index in [1.54, 1.807) is 30.3 Å². The first kappa shape index (κ1) is 13.3. The third kappa shape index (κ3) is 2.81. The van der Waals surface area contributed by atoms with Crippen LogP contribution in [-0.2, 0) is 16.1 Å². The summed E-state index contributed by atoms with van der Waals surface area (Å²) in [6.45, 7) is -0.0671. The van der Waals surface area contributed by atoms with Crippen LogP contribution < -0.4 is 0 Å². The molecule has 0 aromatic heterocycles. The molecule has 6 heteroatoms. The second kappa shape index (κ2) is 5.67. The molecule has 0 saturated carbocycles. The van der Waals surface area contributed by atoms with Crippen molar-refractivity contribution in [3.05, 3.63) is 35.9 Å². The Morgan fingerprint density at radius 1 is 0.944 bits per heavy atom. The highest BCUT2D eigenvalue weighted by atomic mass is 19.2.